The number of thioether (sulfide) groups is 1. The van der Waals surface area contributed by atoms with Crippen LogP contribution in [0.2, 0.25) is 0 Å². The molecule has 0 N–H and O–H groups in total. The van der Waals surface area contributed by atoms with Gasteiger partial charge in [-0.15, -0.1) is 0 Å². The number of amides is 1. The van der Waals surface area contributed by atoms with Crippen molar-refractivity contribution in [3.05, 3.63) is 84.2 Å². The van der Waals surface area contributed by atoms with Gasteiger partial charge in [-0.1, -0.05) is 11.8 Å². The zero-order valence-electron chi connectivity index (χ0n) is 19.4. The first kappa shape index (κ1) is 24.5. The summed E-state index contributed by atoms with van der Waals surface area (Å²) in [4.78, 5) is 32.5. The standard InChI is InChI=1S/C27H25FN2O4S/c1-3-33-22-13-9-20(10-14-22)29-27-30(21-11-15-23(16-12-21)34-4-2)26(32)25(35-27)17-24(31)18-5-7-19(28)8-6-18/h5-16,25H,3-4,17H2,1-2H3. The van der Waals surface area contributed by atoms with Crippen molar-refractivity contribution in [3.63, 3.8) is 0 Å². The first-order valence-corrected chi connectivity index (χ1v) is 12.2. The number of ether oxygens (including phenoxy) is 2. The fraction of sp³-hybridized carbons (Fsp3) is 0.222. The van der Waals surface area contributed by atoms with Crippen LogP contribution in [0.4, 0.5) is 15.8 Å². The Bertz CT molecular complexity index is 1210. The first-order chi connectivity index (χ1) is 17.0. The number of amidine groups is 1. The van der Waals surface area contributed by atoms with Crippen molar-refractivity contribution in [1.82, 2.24) is 0 Å². The Kier molecular flexibility index (Phi) is 7.82. The number of anilines is 1. The number of hydrogen-bond donors (Lipinski definition) is 0. The van der Waals surface area contributed by atoms with Crippen molar-refractivity contribution >= 4 is 40.0 Å². The predicted octanol–water partition coefficient (Wildman–Crippen LogP) is 6.03. The highest BCUT2D eigenvalue weighted by molar-refractivity contribution is 8.16. The molecule has 0 aliphatic carbocycles. The lowest BCUT2D eigenvalue weighted by Gasteiger charge is -2.17. The maximum absolute atomic E-state index is 13.4. The van der Waals surface area contributed by atoms with E-state index in [1.807, 2.05) is 38.1 Å². The number of rotatable bonds is 9. The van der Waals surface area contributed by atoms with E-state index in [0.29, 0.717) is 41.1 Å². The minimum absolute atomic E-state index is 0.0229. The summed E-state index contributed by atoms with van der Waals surface area (Å²) >= 11 is 1.24. The minimum atomic E-state index is -0.652. The molecular weight excluding hydrogens is 467 g/mol. The van der Waals surface area contributed by atoms with E-state index >= 15 is 0 Å². The molecule has 3 aromatic rings. The second-order valence-electron chi connectivity index (χ2n) is 7.66. The molecule has 0 bridgehead atoms. The molecule has 0 aromatic heterocycles. The van der Waals surface area contributed by atoms with Crippen LogP contribution in [-0.4, -0.2) is 35.3 Å². The molecule has 0 radical (unpaired) electrons. The normalized spacial score (nSPS) is 16.5. The molecule has 1 saturated heterocycles. The summed E-state index contributed by atoms with van der Waals surface area (Å²) in [5, 5.41) is -0.180. The molecule has 1 amide bonds. The molecule has 180 valence electrons. The molecule has 1 aliphatic rings. The molecule has 1 heterocycles. The van der Waals surface area contributed by atoms with E-state index in [9.17, 15) is 14.0 Å². The Morgan fingerprint density at radius 3 is 2.06 bits per heavy atom. The van der Waals surface area contributed by atoms with Gasteiger partial charge < -0.3 is 9.47 Å². The monoisotopic (exact) mass is 492 g/mol. The van der Waals surface area contributed by atoms with Crippen LogP contribution >= 0.6 is 11.8 Å². The average Bonchev–Trinajstić information content (AvgIpc) is 3.16. The summed E-state index contributed by atoms with van der Waals surface area (Å²) in [5.74, 6) is 0.546. The summed E-state index contributed by atoms with van der Waals surface area (Å²) in [6.07, 6.45) is -0.0229. The van der Waals surface area contributed by atoms with Gasteiger partial charge >= 0.3 is 0 Å². The Morgan fingerprint density at radius 2 is 1.49 bits per heavy atom. The number of hydrogen-bond acceptors (Lipinski definition) is 6. The Labute approximate surface area is 207 Å². The van der Waals surface area contributed by atoms with Crippen LogP contribution in [0.5, 0.6) is 11.5 Å². The van der Waals surface area contributed by atoms with E-state index in [1.165, 1.54) is 40.9 Å². The SMILES string of the molecule is CCOc1ccc(N=C2SC(CC(=O)c3ccc(F)cc3)C(=O)N2c2ccc(OCC)cc2)cc1. The van der Waals surface area contributed by atoms with E-state index in [1.54, 1.807) is 24.3 Å². The van der Waals surface area contributed by atoms with E-state index in [4.69, 9.17) is 14.5 Å². The molecule has 35 heavy (non-hydrogen) atoms. The van der Waals surface area contributed by atoms with Crippen molar-refractivity contribution in [3.8, 4) is 11.5 Å². The molecule has 0 saturated carbocycles. The maximum atomic E-state index is 13.4. The molecule has 1 fully saturated rings. The van der Waals surface area contributed by atoms with E-state index in [0.717, 1.165) is 5.75 Å². The molecule has 0 spiro atoms. The van der Waals surface area contributed by atoms with Crippen LogP contribution < -0.4 is 14.4 Å². The molecule has 1 aliphatic heterocycles. The van der Waals surface area contributed by atoms with Gasteiger partial charge in [-0.05, 0) is 86.6 Å². The van der Waals surface area contributed by atoms with Gasteiger partial charge in [0, 0.05) is 12.0 Å². The number of aliphatic imine (C=N–C) groups is 1. The van der Waals surface area contributed by atoms with Gasteiger partial charge in [-0.2, -0.15) is 0 Å². The van der Waals surface area contributed by atoms with Gasteiger partial charge in [0.2, 0.25) is 5.91 Å². The predicted molar refractivity (Wildman–Crippen MR) is 137 cm³/mol. The number of nitrogens with zero attached hydrogens (tertiary/aromatic N) is 2. The molecule has 3 aromatic carbocycles. The highest BCUT2D eigenvalue weighted by Gasteiger charge is 2.40. The summed E-state index contributed by atoms with van der Waals surface area (Å²) in [5.41, 5.74) is 1.65. The van der Waals surface area contributed by atoms with Gasteiger partial charge in [0.05, 0.1) is 29.8 Å². The summed E-state index contributed by atoms with van der Waals surface area (Å²) in [7, 11) is 0. The number of Topliss-reactive ketones (excluding diaryl/α,β-unsaturated/α-hetero) is 1. The zero-order valence-corrected chi connectivity index (χ0v) is 20.3. The molecule has 6 nitrogen and oxygen atoms in total. The van der Waals surface area contributed by atoms with Gasteiger partial charge in [0.15, 0.2) is 11.0 Å². The highest BCUT2D eigenvalue weighted by atomic mass is 32.2. The van der Waals surface area contributed by atoms with Crippen molar-refractivity contribution in [1.29, 1.82) is 0 Å². The average molecular weight is 493 g/mol. The third-order valence-electron chi connectivity index (χ3n) is 5.25. The van der Waals surface area contributed by atoms with Gasteiger partial charge in [0.1, 0.15) is 17.3 Å². The number of ketones is 1. The lowest BCUT2D eigenvalue weighted by Crippen LogP contribution is -2.32. The zero-order chi connectivity index (χ0) is 24.8. The summed E-state index contributed by atoms with van der Waals surface area (Å²) < 4.78 is 24.3. The van der Waals surface area contributed by atoms with Crippen molar-refractivity contribution in [2.75, 3.05) is 18.1 Å². The molecule has 1 atom stereocenters. The lowest BCUT2D eigenvalue weighted by molar-refractivity contribution is -0.116. The second kappa shape index (κ2) is 11.2. The summed E-state index contributed by atoms with van der Waals surface area (Å²) in [6.45, 7) is 4.92. The number of carbonyl (C=O) groups is 2. The maximum Gasteiger partial charge on any atom is 0.247 e. The fourth-order valence-electron chi connectivity index (χ4n) is 3.59. The van der Waals surface area contributed by atoms with Crippen LogP contribution in [0.25, 0.3) is 0 Å². The second-order valence-corrected chi connectivity index (χ2v) is 8.83. The van der Waals surface area contributed by atoms with Crippen molar-refractivity contribution in [2.45, 2.75) is 25.5 Å². The largest absolute Gasteiger partial charge is 0.494 e. The first-order valence-electron chi connectivity index (χ1n) is 11.3. The van der Waals surface area contributed by atoms with E-state index in [2.05, 4.69) is 0 Å². The number of benzene rings is 3. The number of carbonyl (C=O) groups excluding carboxylic acids is 2. The highest BCUT2D eigenvalue weighted by Crippen LogP contribution is 2.36. The Balaban J connectivity index is 1.62. The van der Waals surface area contributed by atoms with Gasteiger partial charge in [-0.25, -0.2) is 9.38 Å². The van der Waals surface area contributed by atoms with Crippen LogP contribution in [0.1, 0.15) is 30.6 Å². The third-order valence-corrected chi connectivity index (χ3v) is 6.39. The lowest BCUT2D eigenvalue weighted by atomic mass is 10.1. The molecule has 8 heteroatoms. The van der Waals surface area contributed by atoms with Crippen LogP contribution in [-0.2, 0) is 4.79 Å². The topological polar surface area (TPSA) is 68.2 Å². The van der Waals surface area contributed by atoms with Crippen LogP contribution in [0.15, 0.2) is 77.8 Å². The third kappa shape index (κ3) is 5.89. The quantitative estimate of drug-likeness (QED) is 0.341. The van der Waals surface area contributed by atoms with E-state index in [-0.39, 0.29) is 18.1 Å². The van der Waals surface area contributed by atoms with Crippen LogP contribution in [0, 0.1) is 5.82 Å². The van der Waals surface area contributed by atoms with Crippen LogP contribution in [0.3, 0.4) is 0 Å². The molecular formula is C27H25FN2O4S. The minimum Gasteiger partial charge on any atom is -0.494 e. The fourth-order valence-corrected chi connectivity index (χ4v) is 4.74. The van der Waals surface area contributed by atoms with Gasteiger partial charge in [0.25, 0.3) is 0 Å². The van der Waals surface area contributed by atoms with Gasteiger partial charge in [-0.3, -0.25) is 14.5 Å². The van der Waals surface area contributed by atoms with Crippen molar-refractivity contribution < 1.29 is 23.5 Å². The molecule has 4 rings (SSSR count). The smallest absolute Gasteiger partial charge is 0.247 e. The Morgan fingerprint density at radius 1 is 0.914 bits per heavy atom. The van der Waals surface area contributed by atoms with Crippen molar-refractivity contribution in [2.24, 2.45) is 4.99 Å². The Hall–Kier alpha value is -3.65. The molecule has 1 unspecified atom stereocenters. The number of halogens is 1. The van der Waals surface area contributed by atoms with E-state index < -0.39 is 11.1 Å². The summed E-state index contributed by atoms with van der Waals surface area (Å²) in [6, 6.07) is 19.8.